The van der Waals surface area contributed by atoms with E-state index in [1.54, 1.807) is 12.1 Å². The second kappa shape index (κ2) is 7.23. The number of thioether (sulfide) groups is 1. The smallest absolute Gasteiger partial charge is 0.326 e. The molecule has 0 fully saturated rings. The topological polar surface area (TPSA) is 79.3 Å². The Kier molecular flexibility index (Phi) is 5.94. The van der Waals surface area contributed by atoms with E-state index in [9.17, 15) is 9.59 Å². The van der Waals surface area contributed by atoms with Crippen LogP contribution in [-0.2, 0) is 4.79 Å². The molecule has 7 heteroatoms. The van der Waals surface area contributed by atoms with E-state index < -0.39 is 17.9 Å². The molecule has 1 heterocycles. The normalized spacial score (nSPS) is 11.9. The van der Waals surface area contributed by atoms with Crippen LogP contribution in [0.4, 0.5) is 0 Å². The van der Waals surface area contributed by atoms with Gasteiger partial charge in [-0.3, -0.25) is 4.79 Å². The molecule has 1 amide bonds. The van der Waals surface area contributed by atoms with Gasteiger partial charge in [0.25, 0.3) is 5.91 Å². The molecule has 0 saturated carbocycles. The second-order valence-electron chi connectivity index (χ2n) is 3.49. The van der Waals surface area contributed by atoms with E-state index in [2.05, 4.69) is 10.3 Å². The summed E-state index contributed by atoms with van der Waals surface area (Å²) in [5, 5.41) is 11.6. The maximum Gasteiger partial charge on any atom is 0.326 e. The molecule has 0 aliphatic carbocycles. The van der Waals surface area contributed by atoms with Crippen LogP contribution in [0, 0.1) is 0 Å². The summed E-state index contributed by atoms with van der Waals surface area (Å²) in [5.74, 6) is -0.939. The van der Waals surface area contributed by atoms with E-state index in [0.717, 1.165) is 0 Å². The van der Waals surface area contributed by atoms with E-state index in [4.69, 9.17) is 16.7 Å². The van der Waals surface area contributed by atoms with Crippen LogP contribution in [0.1, 0.15) is 16.9 Å². The summed E-state index contributed by atoms with van der Waals surface area (Å²) in [5.41, 5.74) is 0.109. The first-order valence-electron chi connectivity index (χ1n) is 5.19. The summed E-state index contributed by atoms with van der Waals surface area (Å²) in [7, 11) is 0. The quantitative estimate of drug-likeness (QED) is 0.779. The second-order valence-corrected chi connectivity index (χ2v) is 4.86. The number of halogens is 1. The molecule has 1 unspecified atom stereocenters. The van der Waals surface area contributed by atoms with Gasteiger partial charge in [-0.1, -0.05) is 17.7 Å². The Morgan fingerprint density at radius 2 is 2.28 bits per heavy atom. The fraction of sp³-hybridized carbons (Fsp3) is 0.364. The lowest BCUT2D eigenvalue weighted by molar-refractivity contribution is -0.139. The van der Waals surface area contributed by atoms with Crippen LogP contribution < -0.4 is 5.32 Å². The maximum absolute atomic E-state index is 11.8. The summed E-state index contributed by atoms with van der Waals surface area (Å²) >= 11 is 7.18. The highest BCUT2D eigenvalue weighted by Gasteiger charge is 2.20. The van der Waals surface area contributed by atoms with Gasteiger partial charge in [-0.25, -0.2) is 9.78 Å². The number of amides is 1. The number of rotatable bonds is 6. The van der Waals surface area contributed by atoms with Crippen molar-refractivity contribution in [1.29, 1.82) is 0 Å². The Labute approximate surface area is 114 Å². The first-order valence-corrected chi connectivity index (χ1v) is 6.97. The average molecular weight is 289 g/mol. The molecular weight excluding hydrogens is 276 g/mol. The van der Waals surface area contributed by atoms with Gasteiger partial charge in [-0.2, -0.15) is 11.8 Å². The standard InChI is InChI=1S/C11H13ClN2O3S/c1-18-6-5-8(11(16)17)14-10(15)7-3-2-4-9(12)13-7/h2-4,8H,5-6H2,1H3,(H,14,15)(H,16,17). The lowest BCUT2D eigenvalue weighted by atomic mass is 10.2. The minimum Gasteiger partial charge on any atom is -0.480 e. The van der Waals surface area contributed by atoms with Crippen molar-refractivity contribution in [2.45, 2.75) is 12.5 Å². The highest BCUT2D eigenvalue weighted by atomic mass is 35.5. The number of carbonyl (C=O) groups is 2. The van der Waals surface area contributed by atoms with Crippen LogP contribution in [0.3, 0.4) is 0 Å². The third-order valence-corrected chi connectivity index (χ3v) is 3.02. The van der Waals surface area contributed by atoms with Crippen molar-refractivity contribution < 1.29 is 14.7 Å². The van der Waals surface area contributed by atoms with Crippen LogP contribution in [-0.4, -0.2) is 40.0 Å². The SMILES string of the molecule is CSCCC(NC(=O)c1cccc(Cl)n1)C(=O)O. The molecular formula is C11H13ClN2O3S. The highest BCUT2D eigenvalue weighted by molar-refractivity contribution is 7.98. The molecule has 1 aromatic rings. The number of nitrogens with one attached hydrogen (secondary N) is 1. The molecule has 0 aliphatic heterocycles. The Morgan fingerprint density at radius 1 is 1.56 bits per heavy atom. The third kappa shape index (κ3) is 4.54. The molecule has 98 valence electrons. The summed E-state index contributed by atoms with van der Waals surface area (Å²) in [4.78, 5) is 26.6. The van der Waals surface area contributed by atoms with Crippen LogP contribution in [0.5, 0.6) is 0 Å². The Bertz CT molecular complexity index is 442. The zero-order chi connectivity index (χ0) is 13.5. The minimum absolute atomic E-state index is 0.109. The largest absolute Gasteiger partial charge is 0.480 e. The van der Waals surface area contributed by atoms with Crippen molar-refractivity contribution in [2.75, 3.05) is 12.0 Å². The van der Waals surface area contributed by atoms with E-state index in [1.165, 1.54) is 17.8 Å². The molecule has 1 rings (SSSR count). The number of aromatic nitrogens is 1. The zero-order valence-corrected chi connectivity index (χ0v) is 11.3. The Hall–Kier alpha value is -1.27. The van der Waals surface area contributed by atoms with Gasteiger partial charge >= 0.3 is 5.97 Å². The van der Waals surface area contributed by atoms with Crippen LogP contribution >= 0.6 is 23.4 Å². The van der Waals surface area contributed by atoms with Gasteiger partial charge in [-0.05, 0) is 30.6 Å². The summed E-state index contributed by atoms with van der Waals surface area (Å²) in [6.07, 6.45) is 2.24. The van der Waals surface area contributed by atoms with Crippen LogP contribution in [0.25, 0.3) is 0 Å². The molecule has 0 spiro atoms. The first kappa shape index (κ1) is 14.8. The van der Waals surface area contributed by atoms with Gasteiger partial charge in [0.2, 0.25) is 0 Å². The fourth-order valence-corrected chi connectivity index (χ4v) is 1.90. The number of nitrogens with zero attached hydrogens (tertiary/aromatic N) is 1. The predicted octanol–water partition coefficient (Wildman–Crippen LogP) is 1.67. The van der Waals surface area contributed by atoms with E-state index in [1.807, 2.05) is 6.26 Å². The number of carboxylic acid groups (broad SMARTS) is 1. The summed E-state index contributed by atoms with van der Waals surface area (Å²) in [6, 6.07) is 3.70. The lowest BCUT2D eigenvalue weighted by Crippen LogP contribution is -2.41. The van der Waals surface area contributed by atoms with Crippen molar-refractivity contribution in [2.24, 2.45) is 0 Å². The number of aliphatic carboxylic acids is 1. The monoisotopic (exact) mass is 288 g/mol. The Morgan fingerprint density at radius 3 is 2.83 bits per heavy atom. The number of hydrogen-bond acceptors (Lipinski definition) is 4. The molecule has 0 radical (unpaired) electrons. The molecule has 0 bridgehead atoms. The Balaban J connectivity index is 2.69. The van der Waals surface area contributed by atoms with Gasteiger partial charge < -0.3 is 10.4 Å². The van der Waals surface area contributed by atoms with Gasteiger partial charge in [0, 0.05) is 0 Å². The highest BCUT2D eigenvalue weighted by Crippen LogP contribution is 2.06. The molecule has 18 heavy (non-hydrogen) atoms. The minimum atomic E-state index is -1.06. The number of carboxylic acids is 1. The molecule has 1 atom stereocenters. The molecule has 5 nitrogen and oxygen atoms in total. The van der Waals surface area contributed by atoms with Gasteiger partial charge in [-0.15, -0.1) is 0 Å². The van der Waals surface area contributed by atoms with Gasteiger partial charge in [0.05, 0.1) is 0 Å². The molecule has 1 aromatic heterocycles. The molecule has 0 aromatic carbocycles. The van der Waals surface area contributed by atoms with Crippen molar-refractivity contribution in [3.05, 3.63) is 29.0 Å². The van der Waals surface area contributed by atoms with Gasteiger partial charge in [0.15, 0.2) is 0 Å². The zero-order valence-electron chi connectivity index (χ0n) is 9.72. The van der Waals surface area contributed by atoms with Crippen molar-refractivity contribution >= 4 is 35.2 Å². The first-order chi connectivity index (χ1) is 8.54. The van der Waals surface area contributed by atoms with Crippen molar-refractivity contribution in [3.63, 3.8) is 0 Å². The molecule has 0 aliphatic rings. The molecule has 0 saturated heterocycles. The number of carbonyl (C=O) groups excluding carboxylic acids is 1. The van der Waals surface area contributed by atoms with Crippen LogP contribution in [0.15, 0.2) is 18.2 Å². The molecule has 2 N–H and O–H groups in total. The summed E-state index contributed by atoms with van der Waals surface area (Å²) in [6.45, 7) is 0. The maximum atomic E-state index is 11.8. The van der Waals surface area contributed by atoms with Gasteiger partial charge in [0.1, 0.15) is 16.9 Å². The van der Waals surface area contributed by atoms with Crippen molar-refractivity contribution in [1.82, 2.24) is 10.3 Å². The summed E-state index contributed by atoms with van der Waals surface area (Å²) < 4.78 is 0. The predicted molar refractivity (Wildman–Crippen MR) is 71.1 cm³/mol. The van der Waals surface area contributed by atoms with Crippen LogP contribution in [0.2, 0.25) is 5.15 Å². The average Bonchev–Trinajstić information content (AvgIpc) is 2.33. The van der Waals surface area contributed by atoms with E-state index in [-0.39, 0.29) is 10.8 Å². The lowest BCUT2D eigenvalue weighted by Gasteiger charge is -2.13. The van der Waals surface area contributed by atoms with E-state index >= 15 is 0 Å². The fourth-order valence-electron chi connectivity index (χ4n) is 1.26. The van der Waals surface area contributed by atoms with E-state index in [0.29, 0.717) is 12.2 Å². The number of hydrogen-bond donors (Lipinski definition) is 2. The number of pyridine rings is 1. The third-order valence-electron chi connectivity index (χ3n) is 2.16. The van der Waals surface area contributed by atoms with Crippen molar-refractivity contribution in [3.8, 4) is 0 Å².